The number of thioether (sulfide) groups is 1. The summed E-state index contributed by atoms with van der Waals surface area (Å²) in [6.45, 7) is 1.87. The number of hydrogen-bond acceptors (Lipinski definition) is 3. The van der Waals surface area contributed by atoms with Crippen LogP contribution < -0.4 is 10.6 Å². The van der Waals surface area contributed by atoms with Crippen LogP contribution in [0.25, 0.3) is 0 Å². The van der Waals surface area contributed by atoms with E-state index in [2.05, 4.69) is 10.6 Å². The number of amides is 2. The number of hydrogen-bond donors (Lipinski definition) is 2. The number of benzene rings is 3. The molecule has 1 aliphatic heterocycles. The lowest BCUT2D eigenvalue weighted by Gasteiger charge is -2.20. The van der Waals surface area contributed by atoms with Gasteiger partial charge < -0.3 is 10.6 Å². The SMILES string of the molecule is CSC(C)c1cc(NC(=O)c2cc(F)cc(C(F)(F)F)c2)c2c(c1)C(=O)NC2c1cc(F)ccc1Cl. The summed E-state index contributed by atoms with van der Waals surface area (Å²) in [7, 11) is 0. The predicted molar refractivity (Wildman–Crippen MR) is 128 cm³/mol. The lowest BCUT2D eigenvalue weighted by Crippen LogP contribution is -2.21. The molecule has 0 aliphatic carbocycles. The minimum absolute atomic E-state index is 0.106. The van der Waals surface area contributed by atoms with Crippen molar-refractivity contribution in [1.29, 1.82) is 0 Å². The van der Waals surface area contributed by atoms with Gasteiger partial charge >= 0.3 is 6.18 Å². The normalized spacial score (nSPS) is 15.9. The second-order valence-electron chi connectivity index (χ2n) is 8.16. The highest BCUT2D eigenvalue weighted by molar-refractivity contribution is 7.98. The van der Waals surface area contributed by atoms with Crippen molar-refractivity contribution in [3.63, 3.8) is 0 Å². The van der Waals surface area contributed by atoms with Crippen molar-refractivity contribution in [1.82, 2.24) is 5.32 Å². The van der Waals surface area contributed by atoms with Crippen LogP contribution in [0, 0.1) is 11.6 Å². The van der Waals surface area contributed by atoms with Gasteiger partial charge in [-0.05, 0) is 67.3 Å². The fourth-order valence-electron chi connectivity index (χ4n) is 3.98. The number of anilines is 1. The molecule has 1 aliphatic rings. The quantitative estimate of drug-likeness (QED) is 0.338. The van der Waals surface area contributed by atoms with E-state index in [-0.39, 0.29) is 32.7 Å². The molecule has 3 aromatic rings. The van der Waals surface area contributed by atoms with Crippen molar-refractivity contribution in [2.24, 2.45) is 0 Å². The molecule has 36 heavy (non-hydrogen) atoms. The Kier molecular flexibility index (Phi) is 7.03. The molecule has 2 amide bonds. The van der Waals surface area contributed by atoms with Crippen LogP contribution in [0.1, 0.15) is 61.2 Å². The number of nitrogens with one attached hydrogen (secondary N) is 2. The van der Waals surface area contributed by atoms with Crippen LogP contribution in [-0.4, -0.2) is 18.1 Å². The number of halogens is 6. The zero-order valence-corrected chi connectivity index (χ0v) is 20.3. The first-order valence-electron chi connectivity index (χ1n) is 10.5. The Bertz CT molecular complexity index is 1380. The molecule has 2 N–H and O–H groups in total. The van der Waals surface area contributed by atoms with Crippen molar-refractivity contribution >= 4 is 40.9 Å². The van der Waals surface area contributed by atoms with E-state index in [0.29, 0.717) is 23.8 Å². The maximum Gasteiger partial charge on any atom is 0.416 e. The fourth-order valence-corrected chi connectivity index (χ4v) is 4.61. The van der Waals surface area contributed by atoms with Crippen molar-refractivity contribution in [2.75, 3.05) is 11.6 Å². The molecule has 0 radical (unpaired) electrons. The summed E-state index contributed by atoms with van der Waals surface area (Å²) >= 11 is 7.74. The van der Waals surface area contributed by atoms with Crippen LogP contribution >= 0.6 is 23.4 Å². The van der Waals surface area contributed by atoms with Gasteiger partial charge in [-0.25, -0.2) is 8.78 Å². The van der Waals surface area contributed by atoms with Crippen LogP contribution in [-0.2, 0) is 6.18 Å². The molecule has 0 saturated carbocycles. The first-order valence-corrected chi connectivity index (χ1v) is 12.2. The first kappa shape index (κ1) is 26.0. The van der Waals surface area contributed by atoms with E-state index in [0.717, 1.165) is 12.1 Å². The molecule has 1 heterocycles. The van der Waals surface area contributed by atoms with Gasteiger partial charge in [-0.15, -0.1) is 0 Å². The molecule has 2 unspecified atom stereocenters. The summed E-state index contributed by atoms with van der Waals surface area (Å²) in [5.74, 6) is -3.34. The second-order valence-corrected chi connectivity index (χ2v) is 9.75. The summed E-state index contributed by atoms with van der Waals surface area (Å²) in [6, 6.07) is 7.42. The van der Waals surface area contributed by atoms with E-state index in [4.69, 9.17) is 11.6 Å². The highest BCUT2D eigenvalue weighted by Gasteiger charge is 2.36. The minimum Gasteiger partial charge on any atom is -0.341 e. The van der Waals surface area contributed by atoms with E-state index in [1.54, 1.807) is 12.1 Å². The standard InChI is InChI=1S/C25H18ClF5N2O2S/c1-11(36-2)12-7-18-21(22(33-24(18)35)17-10-15(27)3-4-19(17)26)20(8-12)32-23(34)13-5-14(25(29,30)31)9-16(28)6-13/h3-11,22H,1-2H3,(H,32,34)(H,33,35). The van der Waals surface area contributed by atoms with Crippen molar-refractivity contribution in [3.05, 3.63) is 98.6 Å². The number of alkyl halides is 3. The minimum atomic E-state index is -4.86. The van der Waals surface area contributed by atoms with Crippen molar-refractivity contribution in [3.8, 4) is 0 Å². The van der Waals surface area contributed by atoms with E-state index in [1.165, 1.54) is 17.8 Å². The Labute approximate surface area is 212 Å². The van der Waals surface area contributed by atoms with Crippen LogP contribution in [0.2, 0.25) is 5.02 Å². The molecule has 0 fully saturated rings. The number of rotatable bonds is 5. The Morgan fingerprint density at radius 2 is 1.81 bits per heavy atom. The van der Waals surface area contributed by atoms with Gasteiger partial charge in [0.2, 0.25) is 0 Å². The van der Waals surface area contributed by atoms with Gasteiger partial charge in [0.1, 0.15) is 11.6 Å². The van der Waals surface area contributed by atoms with E-state index in [9.17, 15) is 31.5 Å². The molecular weight excluding hydrogens is 523 g/mol. The number of carbonyl (C=O) groups excluding carboxylic acids is 2. The molecule has 188 valence electrons. The Morgan fingerprint density at radius 1 is 1.08 bits per heavy atom. The van der Waals surface area contributed by atoms with Gasteiger partial charge in [-0.1, -0.05) is 11.6 Å². The summed E-state index contributed by atoms with van der Waals surface area (Å²) in [5, 5.41) is 5.30. The van der Waals surface area contributed by atoms with Gasteiger partial charge in [0.05, 0.1) is 11.6 Å². The van der Waals surface area contributed by atoms with Crippen LogP contribution in [0.3, 0.4) is 0 Å². The zero-order valence-electron chi connectivity index (χ0n) is 18.8. The molecule has 0 bridgehead atoms. The van der Waals surface area contributed by atoms with Gasteiger partial charge in [-0.2, -0.15) is 24.9 Å². The highest BCUT2D eigenvalue weighted by Crippen LogP contribution is 2.42. The summed E-state index contributed by atoms with van der Waals surface area (Å²) in [4.78, 5) is 25.9. The monoisotopic (exact) mass is 540 g/mol. The van der Waals surface area contributed by atoms with Gasteiger partial charge in [0.15, 0.2) is 0 Å². The van der Waals surface area contributed by atoms with E-state index >= 15 is 0 Å². The van der Waals surface area contributed by atoms with Crippen LogP contribution in [0.5, 0.6) is 0 Å². The first-order chi connectivity index (χ1) is 16.9. The largest absolute Gasteiger partial charge is 0.416 e. The van der Waals surface area contributed by atoms with Crippen LogP contribution in [0.4, 0.5) is 27.6 Å². The Morgan fingerprint density at radius 3 is 2.47 bits per heavy atom. The average molecular weight is 541 g/mol. The topological polar surface area (TPSA) is 58.2 Å². The molecule has 4 nitrogen and oxygen atoms in total. The van der Waals surface area contributed by atoms with Gasteiger partial charge in [0, 0.05) is 38.2 Å². The van der Waals surface area contributed by atoms with Crippen LogP contribution in [0.15, 0.2) is 48.5 Å². The van der Waals surface area contributed by atoms with Gasteiger partial charge in [0.25, 0.3) is 11.8 Å². The summed E-state index contributed by atoms with van der Waals surface area (Å²) < 4.78 is 67.4. The third-order valence-corrected chi connectivity index (χ3v) is 7.16. The number of fused-ring (bicyclic) bond motifs is 1. The third kappa shape index (κ3) is 5.05. The maximum absolute atomic E-state index is 14.0. The fraction of sp³-hybridized carbons (Fsp3) is 0.200. The molecule has 11 heteroatoms. The Hall–Kier alpha value is -3.11. The molecule has 0 spiro atoms. The summed E-state index contributed by atoms with van der Waals surface area (Å²) in [5.41, 5.74) is -0.409. The predicted octanol–water partition coefficient (Wildman–Crippen LogP) is 7.15. The molecule has 0 aromatic heterocycles. The lowest BCUT2D eigenvalue weighted by atomic mass is 9.93. The van der Waals surface area contributed by atoms with Crippen molar-refractivity contribution < 1.29 is 31.5 Å². The molecule has 2 atom stereocenters. The third-order valence-electron chi connectivity index (χ3n) is 5.84. The lowest BCUT2D eigenvalue weighted by molar-refractivity contribution is -0.137. The van der Waals surface area contributed by atoms with E-state index < -0.39 is 46.8 Å². The van der Waals surface area contributed by atoms with E-state index in [1.807, 2.05) is 13.2 Å². The highest BCUT2D eigenvalue weighted by atomic mass is 35.5. The molecule has 0 saturated heterocycles. The maximum atomic E-state index is 14.0. The van der Waals surface area contributed by atoms with Crippen molar-refractivity contribution in [2.45, 2.75) is 24.4 Å². The second kappa shape index (κ2) is 9.74. The van der Waals surface area contributed by atoms with Gasteiger partial charge in [-0.3, -0.25) is 9.59 Å². The summed E-state index contributed by atoms with van der Waals surface area (Å²) in [6.07, 6.45) is -3.02. The average Bonchev–Trinajstić information content (AvgIpc) is 3.15. The molecule has 3 aromatic carbocycles. The zero-order chi connectivity index (χ0) is 26.4. The Balaban J connectivity index is 1.84. The number of carbonyl (C=O) groups is 2. The smallest absolute Gasteiger partial charge is 0.341 e. The molecule has 4 rings (SSSR count). The molecular formula is C25H18ClF5N2O2S.